The molecule has 1 heterocycles. The van der Waals surface area contributed by atoms with E-state index >= 15 is 0 Å². The topological polar surface area (TPSA) is 187 Å². The van der Waals surface area contributed by atoms with Gasteiger partial charge in [0.15, 0.2) is 0 Å². The van der Waals surface area contributed by atoms with Crippen molar-refractivity contribution < 1.29 is 34.4 Å². The molecule has 1 aromatic heterocycles. The number of carbonyl (C=O) groups excluding carboxylic acids is 1. The Bertz CT molecular complexity index is 1240. The molecule has 0 saturated heterocycles. The first-order valence-electron chi connectivity index (χ1n) is 11.1. The predicted molar refractivity (Wildman–Crippen MR) is 131 cm³/mol. The van der Waals surface area contributed by atoms with Gasteiger partial charge in [-0.3, -0.25) is 4.79 Å². The molecule has 194 valence electrons. The molecule has 2 aromatic carbocycles. The summed E-state index contributed by atoms with van der Waals surface area (Å²) in [7, 11) is 3.10. The summed E-state index contributed by atoms with van der Waals surface area (Å²) in [5.74, 6) is -2.32. The number of amides is 1. The van der Waals surface area contributed by atoms with Gasteiger partial charge in [-0.15, -0.1) is 0 Å². The van der Waals surface area contributed by atoms with E-state index in [1.165, 1.54) is 4.90 Å². The van der Waals surface area contributed by atoms with E-state index in [1.807, 2.05) is 0 Å². The van der Waals surface area contributed by atoms with Crippen LogP contribution in [0, 0.1) is 0 Å². The monoisotopic (exact) mass is 510 g/mol. The number of aromatic nitrogens is 3. The maximum atomic E-state index is 11.9. The second-order valence-corrected chi connectivity index (χ2v) is 8.13. The number of nitrogens with one attached hydrogen (secondary N) is 2. The van der Waals surface area contributed by atoms with Crippen LogP contribution < -0.4 is 15.4 Å². The van der Waals surface area contributed by atoms with Gasteiger partial charge in [0.2, 0.25) is 11.9 Å². The highest BCUT2D eigenvalue weighted by Gasteiger charge is 2.22. The van der Waals surface area contributed by atoms with Crippen molar-refractivity contribution in [1.29, 1.82) is 0 Å². The van der Waals surface area contributed by atoms with Gasteiger partial charge >= 0.3 is 24.0 Å². The molecule has 0 aliphatic rings. The number of rotatable bonds is 11. The molecule has 0 bridgehead atoms. The van der Waals surface area contributed by atoms with Gasteiger partial charge in [0, 0.05) is 20.5 Å². The van der Waals surface area contributed by atoms with E-state index < -0.39 is 36.1 Å². The standard InChI is InChI=1S/C24H26N6O7/c1-30(2)24(36)37-16-10-8-14(9-11-16)12-18(20(33)34)26-22-27-21(28-23(35)29-22)25-17(13-19(31)32)15-6-4-3-5-7-15/h3-11,17-18H,12-13H2,1-2H3,(H,31,32)(H,33,34)(H3,25,26,27,28,29,35)/t17-,18+/m1/s1. The quantitative estimate of drug-likeness (QED) is 0.254. The predicted octanol–water partition coefficient (Wildman–Crippen LogP) is 2.37. The lowest BCUT2D eigenvalue weighted by Crippen LogP contribution is -2.32. The van der Waals surface area contributed by atoms with E-state index in [2.05, 4.69) is 25.6 Å². The summed E-state index contributed by atoms with van der Waals surface area (Å²) in [6.07, 6.45) is -0.829. The van der Waals surface area contributed by atoms with Crippen LogP contribution in [0.1, 0.15) is 23.6 Å². The van der Waals surface area contributed by atoms with Crippen molar-refractivity contribution in [3.63, 3.8) is 0 Å². The highest BCUT2D eigenvalue weighted by Crippen LogP contribution is 2.23. The van der Waals surface area contributed by atoms with Crippen LogP contribution in [0.25, 0.3) is 0 Å². The highest BCUT2D eigenvalue weighted by molar-refractivity contribution is 5.77. The van der Waals surface area contributed by atoms with E-state index in [4.69, 9.17) is 4.74 Å². The van der Waals surface area contributed by atoms with Gasteiger partial charge in [-0.2, -0.15) is 15.0 Å². The first-order chi connectivity index (χ1) is 17.6. The summed E-state index contributed by atoms with van der Waals surface area (Å²) >= 11 is 0. The Morgan fingerprint density at radius 1 is 0.919 bits per heavy atom. The zero-order valence-electron chi connectivity index (χ0n) is 20.0. The highest BCUT2D eigenvalue weighted by atomic mass is 16.6. The Hall–Kier alpha value is -4.94. The van der Waals surface area contributed by atoms with Crippen molar-refractivity contribution in [3.8, 4) is 11.8 Å². The Kier molecular flexibility index (Phi) is 8.76. The van der Waals surface area contributed by atoms with Crippen molar-refractivity contribution >= 4 is 29.9 Å². The van der Waals surface area contributed by atoms with E-state index in [0.29, 0.717) is 16.9 Å². The number of hydrogen-bond donors (Lipinski definition) is 5. The van der Waals surface area contributed by atoms with Crippen LogP contribution >= 0.6 is 0 Å². The molecule has 13 nitrogen and oxygen atoms in total. The Morgan fingerprint density at radius 2 is 1.54 bits per heavy atom. The average molecular weight is 511 g/mol. The second-order valence-electron chi connectivity index (χ2n) is 8.13. The smallest absolute Gasteiger partial charge is 0.414 e. The molecule has 0 spiro atoms. The molecule has 1 amide bonds. The van der Waals surface area contributed by atoms with Crippen molar-refractivity contribution in [2.45, 2.75) is 24.9 Å². The van der Waals surface area contributed by atoms with Gasteiger partial charge in [-0.25, -0.2) is 9.59 Å². The van der Waals surface area contributed by atoms with Crippen LogP contribution in [0.2, 0.25) is 0 Å². The van der Waals surface area contributed by atoms with Gasteiger partial charge in [-0.1, -0.05) is 42.5 Å². The Morgan fingerprint density at radius 3 is 2.11 bits per heavy atom. The van der Waals surface area contributed by atoms with E-state index in [0.717, 1.165) is 0 Å². The largest absolute Gasteiger partial charge is 0.481 e. The lowest BCUT2D eigenvalue weighted by Gasteiger charge is -2.19. The molecule has 3 rings (SSSR count). The number of anilines is 2. The first kappa shape index (κ1) is 26.7. The molecular formula is C24H26N6O7. The maximum Gasteiger partial charge on any atom is 0.414 e. The summed E-state index contributed by atoms with van der Waals surface area (Å²) in [4.78, 5) is 47.8. The van der Waals surface area contributed by atoms with Crippen molar-refractivity contribution in [3.05, 3.63) is 65.7 Å². The first-order valence-corrected chi connectivity index (χ1v) is 11.1. The molecule has 0 unspecified atom stereocenters. The zero-order chi connectivity index (χ0) is 26.9. The summed E-state index contributed by atoms with van der Waals surface area (Å²) < 4.78 is 5.15. The Labute approximate surface area is 211 Å². The fourth-order valence-corrected chi connectivity index (χ4v) is 3.24. The number of aliphatic carboxylic acids is 2. The molecule has 2 atom stereocenters. The minimum absolute atomic E-state index is 0.0120. The van der Waals surface area contributed by atoms with Crippen LogP contribution in [-0.4, -0.2) is 73.3 Å². The third kappa shape index (κ3) is 8.06. The molecule has 13 heteroatoms. The molecule has 5 N–H and O–H groups in total. The molecule has 37 heavy (non-hydrogen) atoms. The average Bonchev–Trinajstić information content (AvgIpc) is 2.84. The second kappa shape index (κ2) is 12.2. The number of benzene rings is 2. The Balaban J connectivity index is 1.74. The molecule has 0 saturated carbocycles. The fourth-order valence-electron chi connectivity index (χ4n) is 3.24. The van der Waals surface area contributed by atoms with Gasteiger partial charge in [0.05, 0.1) is 12.5 Å². The maximum absolute atomic E-state index is 11.9. The number of carboxylic acids is 2. The van der Waals surface area contributed by atoms with Gasteiger partial charge < -0.3 is 35.6 Å². The fraction of sp³-hybridized carbons (Fsp3) is 0.250. The number of hydrogen-bond acceptors (Lipinski definition) is 10. The molecule has 0 aliphatic carbocycles. The minimum Gasteiger partial charge on any atom is -0.481 e. The van der Waals surface area contributed by atoms with Crippen LogP contribution in [0.15, 0.2) is 54.6 Å². The number of aromatic hydroxyl groups is 1. The number of ether oxygens (including phenoxy) is 1. The molecule has 0 fully saturated rings. The van der Waals surface area contributed by atoms with Crippen LogP contribution in [0.5, 0.6) is 11.8 Å². The van der Waals surface area contributed by atoms with Crippen molar-refractivity contribution in [2.24, 2.45) is 0 Å². The molecule has 0 radical (unpaired) electrons. The van der Waals surface area contributed by atoms with E-state index in [9.17, 15) is 29.7 Å². The van der Waals surface area contributed by atoms with Crippen LogP contribution in [-0.2, 0) is 16.0 Å². The molecular weight excluding hydrogens is 484 g/mol. The zero-order valence-corrected chi connectivity index (χ0v) is 20.0. The van der Waals surface area contributed by atoms with Gasteiger partial charge in [-0.05, 0) is 23.3 Å². The van der Waals surface area contributed by atoms with Gasteiger partial charge in [0.1, 0.15) is 11.8 Å². The number of carboxylic acid groups (broad SMARTS) is 2. The molecule has 0 aliphatic heterocycles. The number of nitrogens with zero attached hydrogens (tertiary/aromatic N) is 4. The lowest BCUT2D eigenvalue weighted by atomic mass is 10.0. The van der Waals surface area contributed by atoms with E-state index in [-0.39, 0.29) is 24.7 Å². The van der Waals surface area contributed by atoms with E-state index in [1.54, 1.807) is 68.7 Å². The van der Waals surface area contributed by atoms with Crippen LogP contribution in [0.3, 0.4) is 0 Å². The summed E-state index contributed by atoms with van der Waals surface area (Å²) in [5.41, 5.74) is 1.27. The van der Waals surface area contributed by atoms with Crippen LogP contribution in [0.4, 0.5) is 16.7 Å². The minimum atomic E-state index is -1.20. The lowest BCUT2D eigenvalue weighted by molar-refractivity contribution is -0.138. The van der Waals surface area contributed by atoms with Crippen molar-refractivity contribution in [1.82, 2.24) is 19.9 Å². The third-order valence-electron chi connectivity index (χ3n) is 5.04. The van der Waals surface area contributed by atoms with Gasteiger partial charge in [0.25, 0.3) is 0 Å². The van der Waals surface area contributed by atoms with Crippen molar-refractivity contribution in [2.75, 3.05) is 24.7 Å². The molecule has 3 aromatic rings. The summed E-state index contributed by atoms with van der Waals surface area (Å²) in [6.45, 7) is 0. The number of carbonyl (C=O) groups is 3. The normalized spacial score (nSPS) is 12.2. The SMILES string of the molecule is CN(C)C(=O)Oc1ccc(C[C@H](Nc2nc(O)nc(N[C@H](CC(=O)O)c3ccccc3)n2)C(=O)O)cc1. The summed E-state index contributed by atoms with van der Waals surface area (Å²) in [5, 5.41) is 34.5. The third-order valence-corrected chi connectivity index (χ3v) is 5.04. The summed E-state index contributed by atoms with van der Waals surface area (Å²) in [6, 6.07) is 12.5.